The van der Waals surface area contributed by atoms with Gasteiger partial charge in [-0.25, -0.2) is 4.98 Å². The largest absolute Gasteiger partial charge is 0.358 e. The summed E-state index contributed by atoms with van der Waals surface area (Å²) in [5, 5.41) is 23.0. The monoisotopic (exact) mass is 369 g/mol. The molecule has 13 heteroatoms. The zero-order valence-corrected chi connectivity index (χ0v) is 13.2. The van der Waals surface area contributed by atoms with Gasteiger partial charge < -0.3 is 5.73 Å². The third-order valence-corrected chi connectivity index (χ3v) is 2.47. The summed E-state index contributed by atoms with van der Waals surface area (Å²) in [6, 6.07) is 6.67. The molecule has 0 fully saturated rings. The maximum absolute atomic E-state index is 12.6. The van der Waals surface area contributed by atoms with E-state index in [0.29, 0.717) is 23.9 Å². The predicted octanol–water partition coefficient (Wildman–Crippen LogP) is 1.76. The summed E-state index contributed by atoms with van der Waals surface area (Å²) < 4.78 is 12.6. The molecule has 1 heterocycles. The minimum atomic E-state index is -1.09. The van der Waals surface area contributed by atoms with Gasteiger partial charge in [0.15, 0.2) is 0 Å². The van der Waals surface area contributed by atoms with Crippen molar-refractivity contribution in [1.29, 1.82) is 0 Å². The van der Waals surface area contributed by atoms with Crippen LogP contribution in [0.4, 0.5) is 21.7 Å². The molecule has 0 saturated heterocycles. The fourth-order valence-corrected chi connectivity index (χ4v) is 1.55. The summed E-state index contributed by atoms with van der Waals surface area (Å²) >= 11 is 5.55. The quantitative estimate of drug-likeness (QED) is 0.355. The normalized spacial score (nSPS) is 9.08. The van der Waals surface area contributed by atoms with Crippen molar-refractivity contribution in [1.82, 2.24) is 15.0 Å². The van der Waals surface area contributed by atoms with E-state index in [1.54, 1.807) is 6.92 Å². The minimum absolute atomic E-state index is 0.129. The molecule has 2 rings (SSSR count). The van der Waals surface area contributed by atoms with Gasteiger partial charge in [0.25, 0.3) is 5.69 Å². The standard InChI is InChI=1S/C6H6ClN5.C6H3FN2O4/c1-4-10-5(7)12-6(11-4)9-3-2-8;7-5-2-1-4(8(10)11)3-6(5)9(12)13/h8H2,1H3,(H,9,10,11,12);1-3H. The van der Waals surface area contributed by atoms with Gasteiger partial charge in [-0.1, -0.05) is 0 Å². The van der Waals surface area contributed by atoms with Crippen LogP contribution in [-0.2, 0) is 0 Å². The van der Waals surface area contributed by atoms with E-state index in [4.69, 9.17) is 17.3 Å². The molecule has 0 atom stereocenters. The predicted molar refractivity (Wildman–Crippen MR) is 84.9 cm³/mol. The molecule has 0 radical (unpaired) electrons. The van der Waals surface area contributed by atoms with Crippen molar-refractivity contribution in [3.8, 4) is 12.1 Å². The number of aromatic nitrogens is 3. The zero-order chi connectivity index (χ0) is 19.0. The number of nitro groups is 2. The number of rotatable bonds is 3. The SMILES string of the molecule is Cc1nc(Cl)nc(NC#CN)n1.O=[N+]([O-])c1ccc(F)c([N+](=O)[O-])c1. The molecule has 3 N–H and O–H groups in total. The molecule has 130 valence electrons. The molecule has 0 saturated carbocycles. The molecular formula is C12H9ClFN7O4. The summed E-state index contributed by atoms with van der Waals surface area (Å²) in [7, 11) is 0. The van der Waals surface area contributed by atoms with Crippen molar-refractivity contribution in [3.05, 3.63) is 55.4 Å². The molecule has 25 heavy (non-hydrogen) atoms. The van der Waals surface area contributed by atoms with E-state index in [1.807, 2.05) is 0 Å². The Hall–Kier alpha value is -3.59. The van der Waals surface area contributed by atoms with Gasteiger partial charge in [0.2, 0.25) is 17.0 Å². The van der Waals surface area contributed by atoms with Gasteiger partial charge in [-0.2, -0.15) is 14.4 Å². The molecule has 0 aliphatic rings. The summed E-state index contributed by atoms with van der Waals surface area (Å²) in [5.74, 6) is -0.266. The highest BCUT2D eigenvalue weighted by Crippen LogP contribution is 2.22. The number of aryl methyl sites for hydroxylation is 1. The number of hydrogen-bond donors (Lipinski definition) is 2. The fraction of sp³-hybridized carbons (Fsp3) is 0.0833. The van der Waals surface area contributed by atoms with Crippen LogP contribution in [0.25, 0.3) is 0 Å². The maximum atomic E-state index is 12.6. The number of benzene rings is 1. The third-order valence-electron chi connectivity index (χ3n) is 2.30. The number of nitro benzene ring substituents is 2. The number of hydrogen-bond acceptors (Lipinski definition) is 9. The molecule has 1 aromatic carbocycles. The molecule has 0 bridgehead atoms. The molecule has 1 aromatic heterocycles. The molecule has 0 aliphatic carbocycles. The topological polar surface area (TPSA) is 163 Å². The van der Waals surface area contributed by atoms with Crippen LogP contribution in [-0.4, -0.2) is 24.8 Å². The first-order valence-corrected chi connectivity index (χ1v) is 6.55. The van der Waals surface area contributed by atoms with Gasteiger partial charge in [0, 0.05) is 18.2 Å². The lowest BCUT2D eigenvalue weighted by Crippen LogP contribution is -2.00. The van der Waals surface area contributed by atoms with Gasteiger partial charge in [0.1, 0.15) is 5.82 Å². The molecule has 11 nitrogen and oxygen atoms in total. The number of non-ortho nitro benzene ring substituents is 1. The molecule has 0 unspecified atom stereocenters. The molecule has 0 spiro atoms. The first kappa shape index (κ1) is 19.5. The van der Waals surface area contributed by atoms with Crippen LogP contribution >= 0.6 is 11.6 Å². The van der Waals surface area contributed by atoms with E-state index in [2.05, 4.69) is 32.4 Å². The van der Waals surface area contributed by atoms with E-state index in [9.17, 15) is 24.6 Å². The van der Waals surface area contributed by atoms with Crippen LogP contribution in [0.15, 0.2) is 18.2 Å². The summed E-state index contributed by atoms with van der Waals surface area (Å²) in [5.41, 5.74) is 3.52. The summed E-state index contributed by atoms with van der Waals surface area (Å²) in [6.07, 6.45) is 0. The Bertz CT molecular complexity index is 848. The van der Waals surface area contributed by atoms with Gasteiger partial charge in [-0.3, -0.25) is 25.5 Å². The van der Waals surface area contributed by atoms with Crippen LogP contribution in [0.5, 0.6) is 0 Å². The minimum Gasteiger partial charge on any atom is -0.358 e. The lowest BCUT2D eigenvalue weighted by molar-refractivity contribution is -0.395. The second kappa shape index (κ2) is 8.89. The van der Waals surface area contributed by atoms with E-state index < -0.39 is 27.0 Å². The highest BCUT2D eigenvalue weighted by atomic mass is 35.5. The van der Waals surface area contributed by atoms with Crippen molar-refractivity contribution in [2.45, 2.75) is 6.92 Å². The zero-order valence-electron chi connectivity index (χ0n) is 12.4. The first-order valence-electron chi connectivity index (χ1n) is 6.17. The summed E-state index contributed by atoms with van der Waals surface area (Å²) in [4.78, 5) is 29.9. The van der Waals surface area contributed by atoms with Crippen LogP contribution in [0.3, 0.4) is 0 Å². The van der Waals surface area contributed by atoms with Gasteiger partial charge >= 0.3 is 5.69 Å². The van der Waals surface area contributed by atoms with Crippen LogP contribution in [0, 0.1) is 45.1 Å². The Morgan fingerprint density at radius 2 is 1.92 bits per heavy atom. The van der Waals surface area contributed by atoms with Crippen molar-refractivity contribution < 1.29 is 14.2 Å². The van der Waals surface area contributed by atoms with Crippen molar-refractivity contribution in [3.63, 3.8) is 0 Å². The molecule has 0 amide bonds. The van der Waals surface area contributed by atoms with Crippen LogP contribution in [0.2, 0.25) is 5.28 Å². The molecule has 0 aliphatic heterocycles. The van der Waals surface area contributed by atoms with Gasteiger partial charge in [-0.05, 0) is 24.6 Å². The van der Waals surface area contributed by atoms with E-state index in [-0.39, 0.29) is 5.28 Å². The Labute approximate surface area is 144 Å². The summed E-state index contributed by atoms with van der Waals surface area (Å²) in [6.45, 7) is 1.70. The third kappa shape index (κ3) is 6.20. The Morgan fingerprint density at radius 3 is 2.44 bits per heavy atom. The lowest BCUT2D eigenvalue weighted by atomic mass is 10.3. The fourth-order valence-electron chi connectivity index (χ4n) is 1.35. The maximum Gasteiger partial charge on any atom is 0.311 e. The van der Waals surface area contributed by atoms with Gasteiger partial charge in [0.05, 0.1) is 15.9 Å². The smallest absolute Gasteiger partial charge is 0.311 e. The first-order chi connectivity index (χ1) is 11.7. The second-order valence-electron chi connectivity index (χ2n) is 4.02. The number of anilines is 1. The van der Waals surface area contributed by atoms with E-state index in [0.717, 1.165) is 6.07 Å². The number of halogens is 2. The average molecular weight is 370 g/mol. The number of nitrogens with two attached hydrogens (primary N) is 1. The Balaban J connectivity index is 0.000000251. The number of nitrogens with zero attached hydrogens (tertiary/aromatic N) is 5. The van der Waals surface area contributed by atoms with E-state index >= 15 is 0 Å². The van der Waals surface area contributed by atoms with Crippen molar-refractivity contribution in [2.24, 2.45) is 5.73 Å². The van der Waals surface area contributed by atoms with E-state index in [1.165, 1.54) is 0 Å². The van der Waals surface area contributed by atoms with Crippen LogP contribution < -0.4 is 11.1 Å². The Kier molecular flexibility index (Phi) is 6.92. The highest BCUT2D eigenvalue weighted by Gasteiger charge is 2.18. The second-order valence-corrected chi connectivity index (χ2v) is 4.36. The molecule has 2 aromatic rings. The van der Waals surface area contributed by atoms with Crippen molar-refractivity contribution in [2.75, 3.05) is 5.32 Å². The van der Waals surface area contributed by atoms with Crippen LogP contribution in [0.1, 0.15) is 5.82 Å². The Morgan fingerprint density at radius 1 is 1.24 bits per heavy atom. The average Bonchev–Trinajstić information content (AvgIpc) is 2.52. The van der Waals surface area contributed by atoms with Crippen molar-refractivity contribution >= 4 is 28.9 Å². The van der Waals surface area contributed by atoms with Gasteiger partial charge in [-0.15, -0.1) is 0 Å². The number of nitrogens with one attached hydrogen (secondary N) is 1. The molecular weight excluding hydrogens is 361 g/mol. The lowest BCUT2D eigenvalue weighted by Gasteiger charge is -1.97. The highest BCUT2D eigenvalue weighted by molar-refractivity contribution is 6.28.